The van der Waals surface area contributed by atoms with Crippen LogP contribution in [0.2, 0.25) is 0 Å². The number of nitrogens with two attached hydrogens (primary N) is 1. The molecule has 0 fully saturated rings. The molecule has 1 aromatic heterocycles. The Morgan fingerprint density at radius 2 is 1.60 bits per heavy atom. The zero-order chi connectivity index (χ0) is 11.7. The van der Waals surface area contributed by atoms with Gasteiger partial charge in [0, 0.05) is 17.3 Å². The van der Waals surface area contributed by atoms with Gasteiger partial charge in [0.2, 0.25) is 0 Å². The molecule has 0 aliphatic heterocycles. The minimum atomic E-state index is 0.788. The van der Waals surface area contributed by atoms with Crippen molar-refractivity contribution in [3.05, 3.63) is 36.5 Å². The van der Waals surface area contributed by atoms with Crippen LogP contribution in [0.1, 0.15) is 27.7 Å². The lowest BCUT2D eigenvalue weighted by molar-refractivity contribution is 1.41. The summed E-state index contributed by atoms with van der Waals surface area (Å²) >= 11 is 0. The normalized spacial score (nSPS) is 8.27. The molecule has 2 nitrogen and oxygen atoms in total. The van der Waals surface area contributed by atoms with Gasteiger partial charge in [-0.2, -0.15) is 0 Å². The molecule has 0 aliphatic rings. The topological polar surface area (TPSA) is 38.9 Å². The Hall–Kier alpha value is -1.57. The standard InChI is InChI=1S/C9H8N2.2C2H6/c10-8-4-1-5-9-7(8)3-2-6-11-9;2*1-2/h1-6H,10H2;2*1-2H3. The van der Waals surface area contributed by atoms with Gasteiger partial charge in [-0.15, -0.1) is 0 Å². The average Bonchev–Trinajstić information content (AvgIpc) is 2.35. The summed E-state index contributed by atoms with van der Waals surface area (Å²) in [5.74, 6) is 0. The van der Waals surface area contributed by atoms with E-state index in [0.29, 0.717) is 0 Å². The van der Waals surface area contributed by atoms with Crippen molar-refractivity contribution in [3.8, 4) is 0 Å². The predicted octanol–water partition coefficient (Wildman–Crippen LogP) is 3.87. The van der Waals surface area contributed by atoms with Crippen LogP contribution in [0.15, 0.2) is 36.5 Å². The Balaban J connectivity index is 0.000000442. The van der Waals surface area contributed by atoms with Gasteiger partial charge in [-0.05, 0) is 24.3 Å². The first kappa shape index (κ1) is 13.4. The maximum Gasteiger partial charge on any atom is 0.0722 e. The molecular formula is C13H20N2. The summed E-state index contributed by atoms with van der Waals surface area (Å²) in [5, 5.41) is 1.02. The summed E-state index contributed by atoms with van der Waals surface area (Å²) in [6.45, 7) is 8.00. The van der Waals surface area contributed by atoms with Crippen LogP contribution in [0.25, 0.3) is 10.9 Å². The highest BCUT2D eigenvalue weighted by Crippen LogP contribution is 2.17. The highest BCUT2D eigenvalue weighted by Gasteiger charge is 1.94. The zero-order valence-corrected chi connectivity index (χ0v) is 9.99. The Kier molecular flexibility index (Phi) is 6.98. The molecule has 0 radical (unpaired) electrons. The van der Waals surface area contributed by atoms with E-state index in [2.05, 4.69) is 4.98 Å². The Bertz CT molecular complexity index is 378. The largest absolute Gasteiger partial charge is 0.398 e. The molecule has 1 heterocycles. The third-order valence-electron chi connectivity index (χ3n) is 1.68. The molecule has 15 heavy (non-hydrogen) atoms. The number of nitrogen functional groups attached to an aromatic ring is 1. The van der Waals surface area contributed by atoms with E-state index in [4.69, 9.17) is 5.73 Å². The van der Waals surface area contributed by atoms with Gasteiger partial charge in [-0.1, -0.05) is 33.8 Å². The van der Waals surface area contributed by atoms with Crippen LogP contribution in [0.5, 0.6) is 0 Å². The van der Waals surface area contributed by atoms with E-state index >= 15 is 0 Å². The first-order valence-corrected chi connectivity index (χ1v) is 5.47. The van der Waals surface area contributed by atoms with Crippen LogP contribution in [-0.4, -0.2) is 4.98 Å². The quantitative estimate of drug-likeness (QED) is 0.662. The van der Waals surface area contributed by atoms with Crippen molar-refractivity contribution in [2.45, 2.75) is 27.7 Å². The lowest BCUT2D eigenvalue weighted by Gasteiger charge is -1.97. The van der Waals surface area contributed by atoms with Gasteiger partial charge in [0.1, 0.15) is 0 Å². The predicted molar refractivity (Wildman–Crippen MR) is 68.9 cm³/mol. The van der Waals surface area contributed by atoms with Crippen molar-refractivity contribution in [1.82, 2.24) is 4.98 Å². The van der Waals surface area contributed by atoms with Gasteiger partial charge in [0.25, 0.3) is 0 Å². The van der Waals surface area contributed by atoms with E-state index in [9.17, 15) is 0 Å². The molecule has 0 bridgehead atoms. The number of hydrogen-bond acceptors (Lipinski definition) is 2. The Labute approximate surface area is 92.1 Å². The van der Waals surface area contributed by atoms with E-state index in [1.165, 1.54) is 0 Å². The fraction of sp³-hybridized carbons (Fsp3) is 0.308. The van der Waals surface area contributed by atoms with Gasteiger partial charge >= 0.3 is 0 Å². The lowest BCUT2D eigenvalue weighted by atomic mass is 10.2. The van der Waals surface area contributed by atoms with Gasteiger partial charge in [0.15, 0.2) is 0 Å². The van der Waals surface area contributed by atoms with Gasteiger partial charge in [-0.3, -0.25) is 4.98 Å². The SMILES string of the molecule is CC.CC.Nc1cccc2ncccc12. The second kappa shape index (κ2) is 7.80. The summed E-state index contributed by atoms with van der Waals surface area (Å²) in [5.41, 5.74) is 7.46. The molecule has 2 heteroatoms. The summed E-state index contributed by atoms with van der Waals surface area (Å²) in [6.07, 6.45) is 1.77. The van der Waals surface area contributed by atoms with E-state index in [0.717, 1.165) is 16.6 Å². The fourth-order valence-corrected chi connectivity index (χ4v) is 1.13. The van der Waals surface area contributed by atoms with Gasteiger partial charge < -0.3 is 5.73 Å². The highest BCUT2D eigenvalue weighted by atomic mass is 14.7. The molecule has 0 saturated carbocycles. The van der Waals surface area contributed by atoms with Crippen LogP contribution in [-0.2, 0) is 0 Å². The van der Waals surface area contributed by atoms with E-state index in [1.54, 1.807) is 6.20 Å². The number of pyridine rings is 1. The molecule has 1 aromatic carbocycles. The van der Waals surface area contributed by atoms with E-state index in [-0.39, 0.29) is 0 Å². The van der Waals surface area contributed by atoms with Crippen molar-refractivity contribution >= 4 is 16.6 Å². The lowest BCUT2D eigenvalue weighted by Crippen LogP contribution is -1.86. The number of fused-ring (bicyclic) bond motifs is 1. The first-order chi connectivity index (χ1) is 7.38. The number of nitrogens with zero attached hydrogens (tertiary/aromatic N) is 1. The number of rotatable bonds is 0. The molecule has 0 atom stereocenters. The summed E-state index contributed by atoms with van der Waals surface area (Å²) in [4.78, 5) is 4.16. The third-order valence-corrected chi connectivity index (χ3v) is 1.68. The summed E-state index contributed by atoms with van der Waals surface area (Å²) < 4.78 is 0. The van der Waals surface area contributed by atoms with Crippen molar-refractivity contribution in [3.63, 3.8) is 0 Å². The average molecular weight is 204 g/mol. The Morgan fingerprint density at radius 1 is 0.933 bits per heavy atom. The molecule has 0 spiro atoms. The van der Waals surface area contributed by atoms with Crippen LogP contribution in [0.3, 0.4) is 0 Å². The van der Waals surface area contributed by atoms with Crippen molar-refractivity contribution in [2.24, 2.45) is 0 Å². The molecule has 2 aromatic rings. The molecule has 0 amide bonds. The summed E-state index contributed by atoms with van der Waals surface area (Å²) in [7, 11) is 0. The highest BCUT2D eigenvalue weighted by molar-refractivity contribution is 5.89. The van der Waals surface area contributed by atoms with Gasteiger partial charge in [-0.25, -0.2) is 0 Å². The monoisotopic (exact) mass is 204 g/mol. The van der Waals surface area contributed by atoms with Crippen molar-refractivity contribution in [1.29, 1.82) is 0 Å². The van der Waals surface area contributed by atoms with E-state index < -0.39 is 0 Å². The maximum atomic E-state index is 5.72. The fourth-order valence-electron chi connectivity index (χ4n) is 1.13. The smallest absolute Gasteiger partial charge is 0.0722 e. The number of benzene rings is 1. The van der Waals surface area contributed by atoms with Crippen LogP contribution >= 0.6 is 0 Å². The van der Waals surface area contributed by atoms with Crippen LogP contribution in [0, 0.1) is 0 Å². The van der Waals surface area contributed by atoms with Gasteiger partial charge in [0.05, 0.1) is 5.52 Å². The minimum Gasteiger partial charge on any atom is -0.398 e. The molecule has 82 valence electrons. The van der Waals surface area contributed by atoms with Crippen molar-refractivity contribution < 1.29 is 0 Å². The third kappa shape index (κ3) is 3.58. The molecule has 2 N–H and O–H groups in total. The first-order valence-electron chi connectivity index (χ1n) is 5.47. The van der Waals surface area contributed by atoms with Crippen LogP contribution < -0.4 is 5.73 Å². The molecule has 0 saturated heterocycles. The molecule has 2 rings (SSSR count). The second-order valence-electron chi connectivity index (χ2n) is 2.42. The molecular weight excluding hydrogens is 184 g/mol. The maximum absolute atomic E-state index is 5.72. The van der Waals surface area contributed by atoms with E-state index in [1.807, 2.05) is 58.0 Å². The second-order valence-corrected chi connectivity index (χ2v) is 2.42. The van der Waals surface area contributed by atoms with Crippen molar-refractivity contribution in [2.75, 3.05) is 5.73 Å². The zero-order valence-electron chi connectivity index (χ0n) is 9.99. The number of hydrogen-bond donors (Lipinski definition) is 1. The molecule has 0 aliphatic carbocycles. The van der Waals surface area contributed by atoms with Crippen LogP contribution in [0.4, 0.5) is 5.69 Å². The minimum absolute atomic E-state index is 0.788. The Morgan fingerprint density at radius 3 is 2.20 bits per heavy atom. The summed E-state index contributed by atoms with van der Waals surface area (Å²) in [6, 6.07) is 9.59. The number of aromatic nitrogens is 1. The molecule has 0 unspecified atom stereocenters. The number of anilines is 1.